The van der Waals surface area contributed by atoms with Crippen LogP contribution in [0.3, 0.4) is 0 Å². The van der Waals surface area contributed by atoms with Gasteiger partial charge in [0.1, 0.15) is 5.82 Å². The second-order valence-corrected chi connectivity index (χ2v) is 3.78. The van der Waals surface area contributed by atoms with Crippen LogP contribution in [0.15, 0.2) is 42.1 Å². The molecule has 0 bridgehead atoms. The standard InChI is InChI=1S/C13H15ClFNO/c1-10(7-11(8-14)9-16-17-2)12-3-5-13(15)6-4-12/h3-7,9,16H,8H2,1-2H3/b10-7+,11-9+. The third-order valence-corrected chi connectivity index (χ3v) is 2.53. The Bertz CT molecular complexity index is 412. The molecule has 17 heavy (non-hydrogen) atoms. The molecular weight excluding hydrogens is 241 g/mol. The molecule has 0 spiro atoms. The molecule has 1 aromatic carbocycles. The summed E-state index contributed by atoms with van der Waals surface area (Å²) in [5.41, 5.74) is 5.47. The minimum atomic E-state index is -0.240. The molecule has 4 heteroatoms. The van der Waals surface area contributed by atoms with Gasteiger partial charge in [0.2, 0.25) is 0 Å². The lowest BCUT2D eigenvalue weighted by atomic mass is 10.1. The van der Waals surface area contributed by atoms with Crippen LogP contribution in [0.2, 0.25) is 0 Å². The van der Waals surface area contributed by atoms with Crippen LogP contribution in [0.5, 0.6) is 0 Å². The van der Waals surface area contributed by atoms with Crippen LogP contribution in [0, 0.1) is 5.82 Å². The van der Waals surface area contributed by atoms with E-state index >= 15 is 0 Å². The molecule has 0 saturated carbocycles. The van der Waals surface area contributed by atoms with Crippen LogP contribution in [0.1, 0.15) is 12.5 Å². The van der Waals surface area contributed by atoms with Crippen molar-refractivity contribution in [3.8, 4) is 0 Å². The van der Waals surface area contributed by atoms with Crippen LogP contribution in [-0.2, 0) is 4.84 Å². The highest BCUT2D eigenvalue weighted by Gasteiger charge is 1.98. The molecule has 0 atom stereocenters. The van der Waals surface area contributed by atoms with Crippen molar-refractivity contribution in [2.75, 3.05) is 13.0 Å². The highest BCUT2D eigenvalue weighted by molar-refractivity contribution is 6.19. The molecule has 2 nitrogen and oxygen atoms in total. The Kier molecular flexibility index (Phi) is 5.73. The van der Waals surface area contributed by atoms with Gasteiger partial charge in [0.05, 0.1) is 7.11 Å². The first-order valence-electron chi connectivity index (χ1n) is 5.15. The molecule has 1 N–H and O–H groups in total. The summed E-state index contributed by atoms with van der Waals surface area (Å²) in [6.07, 6.45) is 3.60. The predicted molar refractivity (Wildman–Crippen MR) is 69.0 cm³/mol. The van der Waals surface area contributed by atoms with Crippen molar-refractivity contribution in [2.24, 2.45) is 0 Å². The van der Waals surface area contributed by atoms with Gasteiger partial charge in [0.25, 0.3) is 0 Å². The van der Waals surface area contributed by atoms with Gasteiger partial charge in [0.15, 0.2) is 0 Å². The van der Waals surface area contributed by atoms with Crippen molar-refractivity contribution in [3.63, 3.8) is 0 Å². The second kappa shape index (κ2) is 7.09. The van der Waals surface area contributed by atoms with Gasteiger partial charge in [-0.2, -0.15) is 0 Å². The van der Waals surface area contributed by atoms with Gasteiger partial charge < -0.3 is 0 Å². The molecule has 0 saturated heterocycles. The summed E-state index contributed by atoms with van der Waals surface area (Å²) in [7, 11) is 1.53. The van der Waals surface area contributed by atoms with Crippen molar-refractivity contribution in [2.45, 2.75) is 6.92 Å². The van der Waals surface area contributed by atoms with Gasteiger partial charge in [-0.1, -0.05) is 18.2 Å². The van der Waals surface area contributed by atoms with Crippen molar-refractivity contribution in [3.05, 3.63) is 53.5 Å². The average molecular weight is 256 g/mol. The summed E-state index contributed by atoms with van der Waals surface area (Å²) >= 11 is 5.79. The molecule has 0 amide bonds. The van der Waals surface area contributed by atoms with E-state index in [2.05, 4.69) is 5.48 Å². The molecule has 0 aliphatic carbocycles. The molecule has 0 radical (unpaired) electrons. The maximum absolute atomic E-state index is 12.8. The van der Waals surface area contributed by atoms with E-state index in [-0.39, 0.29) is 5.82 Å². The lowest BCUT2D eigenvalue weighted by Crippen LogP contribution is -2.03. The van der Waals surface area contributed by atoms with Gasteiger partial charge in [-0.05, 0) is 35.8 Å². The summed E-state index contributed by atoms with van der Waals surface area (Å²) < 4.78 is 12.8. The Morgan fingerprint density at radius 3 is 2.59 bits per heavy atom. The number of halogens is 2. The lowest BCUT2D eigenvalue weighted by Gasteiger charge is -2.04. The van der Waals surface area contributed by atoms with Gasteiger partial charge in [0, 0.05) is 12.1 Å². The van der Waals surface area contributed by atoms with Crippen LogP contribution in [0.4, 0.5) is 4.39 Å². The minimum Gasteiger partial charge on any atom is -0.280 e. The summed E-state index contributed by atoms with van der Waals surface area (Å²) in [5, 5.41) is 0. The zero-order valence-corrected chi connectivity index (χ0v) is 10.6. The number of hydrogen-bond acceptors (Lipinski definition) is 2. The van der Waals surface area contributed by atoms with E-state index in [1.165, 1.54) is 19.2 Å². The van der Waals surface area contributed by atoms with E-state index in [0.717, 1.165) is 16.7 Å². The highest BCUT2D eigenvalue weighted by Crippen LogP contribution is 2.16. The quantitative estimate of drug-likeness (QED) is 0.494. The van der Waals surface area contributed by atoms with E-state index < -0.39 is 0 Å². The normalized spacial score (nSPS) is 12.7. The molecule has 0 unspecified atom stereocenters. The Labute approximate surface area is 106 Å². The summed E-state index contributed by atoms with van der Waals surface area (Å²) in [6, 6.07) is 6.34. The Hall–Kier alpha value is -1.32. The van der Waals surface area contributed by atoms with Gasteiger partial charge in [-0.3, -0.25) is 10.3 Å². The number of rotatable bonds is 5. The monoisotopic (exact) mass is 255 g/mol. The van der Waals surface area contributed by atoms with Crippen molar-refractivity contribution < 1.29 is 9.23 Å². The van der Waals surface area contributed by atoms with Crippen LogP contribution >= 0.6 is 11.6 Å². The molecular formula is C13H15ClFNO. The fourth-order valence-electron chi connectivity index (χ4n) is 1.33. The second-order valence-electron chi connectivity index (χ2n) is 3.51. The first-order chi connectivity index (χ1) is 8.17. The Morgan fingerprint density at radius 2 is 2.06 bits per heavy atom. The topological polar surface area (TPSA) is 21.3 Å². The van der Waals surface area contributed by atoms with E-state index in [0.29, 0.717) is 5.88 Å². The minimum absolute atomic E-state index is 0.240. The first kappa shape index (κ1) is 13.7. The van der Waals surface area contributed by atoms with Crippen LogP contribution < -0.4 is 5.48 Å². The number of hydrogen-bond donors (Lipinski definition) is 1. The fraction of sp³-hybridized carbons (Fsp3) is 0.231. The molecule has 0 aliphatic rings. The smallest absolute Gasteiger partial charge is 0.123 e. The molecule has 1 rings (SSSR count). The zero-order chi connectivity index (χ0) is 12.7. The van der Waals surface area contributed by atoms with Gasteiger partial charge in [-0.25, -0.2) is 4.39 Å². The van der Waals surface area contributed by atoms with Crippen LogP contribution in [-0.4, -0.2) is 13.0 Å². The van der Waals surface area contributed by atoms with Crippen molar-refractivity contribution in [1.29, 1.82) is 0 Å². The van der Waals surface area contributed by atoms with E-state index in [1.807, 2.05) is 13.0 Å². The predicted octanol–water partition coefficient (Wildman–Crippen LogP) is 3.50. The molecule has 0 fully saturated rings. The number of hydroxylamine groups is 1. The maximum Gasteiger partial charge on any atom is 0.123 e. The summed E-state index contributed by atoms with van der Waals surface area (Å²) in [5.74, 6) is 0.130. The average Bonchev–Trinajstić information content (AvgIpc) is 2.35. The zero-order valence-electron chi connectivity index (χ0n) is 9.84. The third-order valence-electron chi connectivity index (χ3n) is 2.22. The molecule has 0 aliphatic heterocycles. The highest BCUT2D eigenvalue weighted by atomic mass is 35.5. The van der Waals surface area contributed by atoms with Crippen molar-refractivity contribution >= 4 is 17.2 Å². The summed E-state index contributed by atoms with van der Waals surface area (Å²) in [4.78, 5) is 4.71. The summed E-state index contributed by atoms with van der Waals surface area (Å²) in [6.45, 7) is 1.94. The number of nitrogens with one attached hydrogen (secondary N) is 1. The van der Waals surface area contributed by atoms with Gasteiger partial charge >= 0.3 is 0 Å². The molecule has 92 valence electrons. The first-order valence-corrected chi connectivity index (χ1v) is 5.68. The molecule has 0 heterocycles. The number of benzene rings is 1. The SMILES string of the molecule is CON/C=C(\C=C(/C)c1ccc(F)cc1)CCl. The van der Waals surface area contributed by atoms with E-state index in [9.17, 15) is 4.39 Å². The largest absolute Gasteiger partial charge is 0.280 e. The van der Waals surface area contributed by atoms with Crippen LogP contribution in [0.25, 0.3) is 5.57 Å². The van der Waals surface area contributed by atoms with E-state index in [4.69, 9.17) is 16.4 Å². The molecule has 0 aromatic heterocycles. The lowest BCUT2D eigenvalue weighted by molar-refractivity contribution is 0.128. The maximum atomic E-state index is 12.8. The number of allylic oxidation sites excluding steroid dienone is 3. The number of alkyl halides is 1. The van der Waals surface area contributed by atoms with E-state index in [1.54, 1.807) is 18.3 Å². The Balaban J connectivity index is 2.86. The Morgan fingerprint density at radius 1 is 1.41 bits per heavy atom. The third kappa shape index (κ3) is 4.59. The molecule has 1 aromatic rings. The fourth-order valence-corrected chi connectivity index (χ4v) is 1.48. The van der Waals surface area contributed by atoms with Crippen molar-refractivity contribution in [1.82, 2.24) is 5.48 Å². The van der Waals surface area contributed by atoms with Gasteiger partial charge in [-0.15, -0.1) is 11.6 Å².